The summed E-state index contributed by atoms with van der Waals surface area (Å²) < 4.78 is 0. The van der Waals surface area contributed by atoms with Gasteiger partial charge in [-0.2, -0.15) is 0 Å². The average Bonchev–Trinajstić information content (AvgIpc) is 3.16. The molecule has 1 aliphatic rings. The molecule has 1 aliphatic carbocycles. The van der Waals surface area contributed by atoms with Gasteiger partial charge in [-0.1, -0.05) is 23.2 Å². The van der Waals surface area contributed by atoms with E-state index in [-0.39, 0.29) is 40.3 Å². The fourth-order valence-corrected chi connectivity index (χ4v) is 1.99. The van der Waals surface area contributed by atoms with Crippen molar-refractivity contribution in [3.63, 3.8) is 0 Å². The molecule has 108 valence electrons. The molecule has 0 atom stereocenters. The molecule has 1 fully saturated rings. The molecule has 1 saturated carbocycles. The molecule has 0 spiro atoms. The van der Waals surface area contributed by atoms with Gasteiger partial charge in [-0.15, -0.1) is 0 Å². The summed E-state index contributed by atoms with van der Waals surface area (Å²) >= 11 is 11.6. The molecule has 1 aromatic rings. The predicted molar refractivity (Wildman–Crippen MR) is 77.4 cm³/mol. The first-order valence-electron chi connectivity index (χ1n) is 6.14. The Morgan fingerprint density at radius 2 is 2.00 bits per heavy atom. The van der Waals surface area contributed by atoms with Crippen molar-refractivity contribution in [2.24, 2.45) is 0 Å². The Kier molecular flexibility index (Phi) is 4.67. The normalized spacial score (nSPS) is 13.9. The number of nitro groups is 1. The smallest absolute Gasteiger partial charge is 0.293 e. The van der Waals surface area contributed by atoms with Crippen LogP contribution in [-0.2, 0) is 4.79 Å². The lowest BCUT2D eigenvalue weighted by molar-refractivity contribution is -0.383. The number of carbonyl (C=O) groups is 1. The van der Waals surface area contributed by atoms with E-state index in [0.29, 0.717) is 6.04 Å². The number of carbonyl (C=O) groups excluding carboxylic acids is 1. The number of nitrogens with zero attached hydrogens (tertiary/aromatic N) is 1. The van der Waals surface area contributed by atoms with E-state index in [1.54, 1.807) is 0 Å². The molecule has 1 aromatic carbocycles. The Bertz CT molecular complexity index is 547. The van der Waals surface area contributed by atoms with Crippen LogP contribution in [0.5, 0.6) is 0 Å². The summed E-state index contributed by atoms with van der Waals surface area (Å²) in [5.41, 5.74) is 0.0885. The number of nitrogens with one attached hydrogen (secondary N) is 2. The van der Waals surface area contributed by atoms with Crippen molar-refractivity contribution in [3.8, 4) is 0 Å². The molecule has 2 N–H and O–H groups in total. The maximum Gasteiger partial charge on any atom is 0.293 e. The molecule has 20 heavy (non-hydrogen) atoms. The molecular weight excluding hydrogens is 305 g/mol. The van der Waals surface area contributed by atoms with Crippen LogP contribution in [0, 0.1) is 10.1 Å². The van der Waals surface area contributed by atoms with E-state index < -0.39 is 4.92 Å². The van der Waals surface area contributed by atoms with Crippen molar-refractivity contribution in [1.29, 1.82) is 0 Å². The third kappa shape index (κ3) is 3.98. The summed E-state index contributed by atoms with van der Waals surface area (Å²) in [6.07, 6.45) is 2.29. The third-order valence-corrected chi connectivity index (χ3v) is 3.57. The van der Waals surface area contributed by atoms with Crippen LogP contribution in [0.1, 0.15) is 19.3 Å². The number of halogens is 2. The minimum Gasteiger partial charge on any atom is -0.379 e. The zero-order valence-electron chi connectivity index (χ0n) is 10.5. The highest BCUT2D eigenvalue weighted by molar-refractivity contribution is 6.42. The number of anilines is 1. The van der Waals surface area contributed by atoms with Crippen molar-refractivity contribution in [1.82, 2.24) is 5.32 Å². The zero-order valence-corrected chi connectivity index (χ0v) is 12.0. The van der Waals surface area contributed by atoms with Gasteiger partial charge in [0.25, 0.3) is 5.69 Å². The summed E-state index contributed by atoms with van der Waals surface area (Å²) in [5.74, 6) is -0.0669. The van der Waals surface area contributed by atoms with Gasteiger partial charge in [-0.25, -0.2) is 0 Å². The second-order valence-electron chi connectivity index (χ2n) is 4.56. The van der Waals surface area contributed by atoms with Crippen LogP contribution in [-0.4, -0.2) is 23.4 Å². The van der Waals surface area contributed by atoms with Crippen molar-refractivity contribution in [3.05, 3.63) is 32.3 Å². The highest BCUT2D eigenvalue weighted by atomic mass is 35.5. The third-order valence-electron chi connectivity index (χ3n) is 2.85. The molecule has 0 radical (unpaired) electrons. The minimum absolute atomic E-state index is 0.0669. The molecule has 0 aromatic heterocycles. The first kappa shape index (κ1) is 14.9. The van der Waals surface area contributed by atoms with E-state index in [4.69, 9.17) is 23.2 Å². The van der Waals surface area contributed by atoms with Gasteiger partial charge in [0.1, 0.15) is 5.69 Å². The van der Waals surface area contributed by atoms with E-state index in [2.05, 4.69) is 10.6 Å². The second kappa shape index (κ2) is 6.28. The Balaban J connectivity index is 1.95. The number of hydrogen-bond donors (Lipinski definition) is 2. The van der Waals surface area contributed by atoms with Crippen LogP contribution in [0.15, 0.2) is 12.1 Å². The highest BCUT2D eigenvalue weighted by Gasteiger charge is 2.23. The Hall–Kier alpha value is -1.53. The predicted octanol–water partition coefficient (Wildman–Crippen LogP) is 2.98. The molecule has 0 saturated heterocycles. The SMILES string of the molecule is O=C(CCNc1cc(Cl)c(Cl)cc1[N+](=O)[O-])NC1CC1. The molecule has 6 nitrogen and oxygen atoms in total. The summed E-state index contributed by atoms with van der Waals surface area (Å²) in [5, 5.41) is 16.9. The standard InChI is InChI=1S/C12H13Cl2N3O3/c13-8-5-10(11(17(19)20)6-9(8)14)15-4-3-12(18)16-7-1-2-7/h5-7,15H,1-4H2,(H,16,18). The van der Waals surface area contributed by atoms with Crippen LogP contribution in [0.3, 0.4) is 0 Å². The molecule has 1 amide bonds. The maximum atomic E-state index is 11.5. The quantitative estimate of drug-likeness (QED) is 0.624. The van der Waals surface area contributed by atoms with E-state index in [9.17, 15) is 14.9 Å². The Morgan fingerprint density at radius 1 is 1.35 bits per heavy atom. The van der Waals surface area contributed by atoms with Gasteiger partial charge in [0.2, 0.25) is 5.91 Å². The highest BCUT2D eigenvalue weighted by Crippen LogP contribution is 2.33. The zero-order chi connectivity index (χ0) is 14.7. The maximum absolute atomic E-state index is 11.5. The number of nitro benzene ring substituents is 1. The summed E-state index contributed by atoms with van der Waals surface area (Å²) in [7, 11) is 0. The summed E-state index contributed by atoms with van der Waals surface area (Å²) in [6.45, 7) is 0.289. The van der Waals surface area contributed by atoms with Crippen LogP contribution >= 0.6 is 23.2 Å². The van der Waals surface area contributed by atoms with Crippen LogP contribution in [0.4, 0.5) is 11.4 Å². The fourth-order valence-electron chi connectivity index (χ4n) is 1.67. The van der Waals surface area contributed by atoms with E-state index in [1.807, 2.05) is 0 Å². The monoisotopic (exact) mass is 317 g/mol. The Labute approximate surface area is 125 Å². The van der Waals surface area contributed by atoms with Gasteiger partial charge in [0, 0.05) is 25.1 Å². The van der Waals surface area contributed by atoms with Crippen molar-refractivity contribution >= 4 is 40.5 Å². The largest absolute Gasteiger partial charge is 0.379 e. The number of benzene rings is 1. The first-order chi connectivity index (χ1) is 9.47. The van der Waals surface area contributed by atoms with Crippen molar-refractivity contribution in [2.75, 3.05) is 11.9 Å². The number of rotatable bonds is 6. The van der Waals surface area contributed by atoms with E-state index >= 15 is 0 Å². The van der Waals surface area contributed by atoms with E-state index in [0.717, 1.165) is 12.8 Å². The Morgan fingerprint density at radius 3 is 2.60 bits per heavy atom. The van der Waals surface area contributed by atoms with Gasteiger partial charge in [0.05, 0.1) is 15.0 Å². The average molecular weight is 318 g/mol. The van der Waals surface area contributed by atoms with Crippen LogP contribution in [0.25, 0.3) is 0 Å². The fraction of sp³-hybridized carbons (Fsp3) is 0.417. The first-order valence-corrected chi connectivity index (χ1v) is 6.89. The lowest BCUT2D eigenvalue weighted by Crippen LogP contribution is -2.27. The van der Waals surface area contributed by atoms with Crippen LogP contribution in [0.2, 0.25) is 10.0 Å². The summed E-state index contributed by atoms with van der Waals surface area (Å²) in [4.78, 5) is 21.9. The van der Waals surface area contributed by atoms with Crippen molar-refractivity contribution < 1.29 is 9.72 Å². The molecule has 0 aliphatic heterocycles. The molecule has 0 unspecified atom stereocenters. The molecular formula is C12H13Cl2N3O3. The lowest BCUT2D eigenvalue weighted by atomic mass is 10.2. The van der Waals surface area contributed by atoms with Crippen LogP contribution < -0.4 is 10.6 Å². The molecule has 2 rings (SSSR count). The molecule has 8 heteroatoms. The van der Waals surface area contributed by atoms with Gasteiger partial charge in [0.15, 0.2) is 0 Å². The minimum atomic E-state index is -0.547. The van der Waals surface area contributed by atoms with Gasteiger partial charge < -0.3 is 10.6 Å². The van der Waals surface area contributed by atoms with Gasteiger partial charge >= 0.3 is 0 Å². The number of hydrogen-bond acceptors (Lipinski definition) is 4. The second-order valence-corrected chi connectivity index (χ2v) is 5.37. The van der Waals surface area contributed by atoms with Gasteiger partial charge in [-0.05, 0) is 18.9 Å². The number of amides is 1. The van der Waals surface area contributed by atoms with Gasteiger partial charge in [-0.3, -0.25) is 14.9 Å². The van der Waals surface area contributed by atoms with Crippen molar-refractivity contribution in [2.45, 2.75) is 25.3 Å². The lowest BCUT2D eigenvalue weighted by Gasteiger charge is -2.08. The molecule has 0 bridgehead atoms. The van der Waals surface area contributed by atoms with E-state index in [1.165, 1.54) is 12.1 Å². The summed E-state index contributed by atoms with van der Waals surface area (Å²) in [6, 6.07) is 2.89. The molecule has 0 heterocycles. The topological polar surface area (TPSA) is 84.3 Å².